The first-order chi connectivity index (χ1) is 15.1. The highest BCUT2D eigenvalue weighted by Crippen LogP contribution is 2.41. The van der Waals surface area contributed by atoms with Crippen LogP contribution in [0.1, 0.15) is 28.8 Å². The van der Waals surface area contributed by atoms with E-state index in [0.29, 0.717) is 23.1 Å². The van der Waals surface area contributed by atoms with Crippen molar-refractivity contribution >= 4 is 5.97 Å². The zero-order chi connectivity index (χ0) is 21.4. The van der Waals surface area contributed by atoms with Crippen LogP contribution in [0.5, 0.6) is 17.2 Å². The number of fused-ring (bicyclic) bond motifs is 2. The van der Waals surface area contributed by atoms with E-state index in [1.165, 1.54) is 7.11 Å². The molecule has 0 bridgehead atoms. The minimum atomic E-state index is -0.527. The first kappa shape index (κ1) is 20.2. The molecule has 5 rings (SSSR count). The van der Waals surface area contributed by atoms with Gasteiger partial charge in [0.25, 0.3) is 0 Å². The molecule has 0 spiro atoms. The molecule has 4 atom stereocenters. The fourth-order valence-electron chi connectivity index (χ4n) is 5.09. The molecule has 7 heteroatoms. The molecule has 2 fully saturated rings. The van der Waals surface area contributed by atoms with Gasteiger partial charge >= 0.3 is 5.97 Å². The van der Waals surface area contributed by atoms with Crippen molar-refractivity contribution < 1.29 is 28.8 Å². The summed E-state index contributed by atoms with van der Waals surface area (Å²) in [7, 11) is 1.36. The van der Waals surface area contributed by atoms with Crippen LogP contribution in [-0.2, 0) is 11.3 Å². The zero-order valence-electron chi connectivity index (χ0n) is 17.5. The van der Waals surface area contributed by atoms with Crippen molar-refractivity contribution in [3.63, 3.8) is 0 Å². The summed E-state index contributed by atoms with van der Waals surface area (Å²) in [5.41, 5.74) is 1.58. The Morgan fingerprint density at radius 2 is 1.94 bits per heavy atom. The number of para-hydroxylation sites is 1. The van der Waals surface area contributed by atoms with Gasteiger partial charge in [-0.25, -0.2) is 4.79 Å². The molecule has 2 heterocycles. The molecule has 164 valence electrons. The molecular weight excluding hydrogens is 398 g/mol. The Bertz CT molecular complexity index is 963. The molecule has 0 radical (unpaired) electrons. The molecule has 0 aromatic heterocycles. The lowest BCUT2D eigenvalue weighted by molar-refractivity contribution is -0.0231. The lowest BCUT2D eigenvalue weighted by Gasteiger charge is -2.35. The number of nitrogens with zero attached hydrogens (tertiary/aromatic N) is 1. The predicted molar refractivity (Wildman–Crippen MR) is 112 cm³/mol. The monoisotopic (exact) mass is 425 g/mol. The third-order valence-electron chi connectivity index (χ3n) is 6.58. The number of esters is 1. The quantitative estimate of drug-likeness (QED) is 0.738. The standard InChI is InChI=1S/C24H27NO6/c1-28-24(27)15-4-2-6-19(8-15)31-22-10-18-13-25(12-17(18)9-20(22)26)11-16-5-3-7-21-23(16)30-14-29-21/h2-8,17-18,20,22,26H,9-14H2,1H3/t17-,18+,20+,22+/m0/s1. The number of hydrogen-bond acceptors (Lipinski definition) is 7. The van der Waals surface area contributed by atoms with Gasteiger partial charge in [-0.05, 0) is 48.9 Å². The van der Waals surface area contributed by atoms with Crippen LogP contribution in [0.3, 0.4) is 0 Å². The Morgan fingerprint density at radius 1 is 1.13 bits per heavy atom. The number of ether oxygens (including phenoxy) is 4. The van der Waals surface area contributed by atoms with Crippen LogP contribution < -0.4 is 14.2 Å². The number of carbonyl (C=O) groups excluding carboxylic acids is 1. The summed E-state index contributed by atoms with van der Waals surface area (Å²) in [6.45, 7) is 3.00. The smallest absolute Gasteiger partial charge is 0.337 e. The Labute approximate surface area is 181 Å². The Balaban J connectivity index is 1.23. The Kier molecular flexibility index (Phi) is 5.46. The molecule has 31 heavy (non-hydrogen) atoms. The number of aliphatic hydroxyl groups excluding tert-OH is 1. The SMILES string of the molecule is COC(=O)c1cccc(O[C@@H]2C[C@@H]3CN(Cc4cccc5c4OCO5)C[C@@H]3C[C@H]2O)c1. The third kappa shape index (κ3) is 4.07. The number of aliphatic hydroxyl groups is 1. The second-order valence-electron chi connectivity index (χ2n) is 8.58. The number of carbonyl (C=O) groups is 1. The molecular formula is C24H27NO6. The summed E-state index contributed by atoms with van der Waals surface area (Å²) < 4.78 is 22.0. The van der Waals surface area contributed by atoms with Crippen LogP contribution in [0.25, 0.3) is 0 Å². The van der Waals surface area contributed by atoms with E-state index in [2.05, 4.69) is 11.0 Å². The van der Waals surface area contributed by atoms with Gasteiger partial charge in [-0.3, -0.25) is 4.90 Å². The summed E-state index contributed by atoms with van der Waals surface area (Å²) in [6.07, 6.45) is 0.694. The molecule has 1 saturated carbocycles. The Hall–Kier alpha value is -2.77. The maximum atomic E-state index is 11.8. The molecule has 3 aliphatic rings. The van der Waals surface area contributed by atoms with E-state index < -0.39 is 12.1 Å². The van der Waals surface area contributed by atoms with Crippen molar-refractivity contribution in [2.75, 3.05) is 27.0 Å². The number of methoxy groups -OCH3 is 1. The summed E-state index contributed by atoms with van der Waals surface area (Å²) in [5.74, 6) is 2.76. The van der Waals surface area contributed by atoms with E-state index in [1.54, 1.807) is 18.2 Å². The topological polar surface area (TPSA) is 77.5 Å². The minimum absolute atomic E-state index is 0.278. The van der Waals surface area contributed by atoms with E-state index in [0.717, 1.165) is 49.5 Å². The maximum Gasteiger partial charge on any atom is 0.337 e. The van der Waals surface area contributed by atoms with Gasteiger partial charge in [0.15, 0.2) is 11.5 Å². The summed E-state index contributed by atoms with van der Waals surface area (Å²) in [4.78, 5) is 14.2. The number of rotatable bonds is 5. The van der Waals surface area contributed by atoms with Crippen molar-refractivity contribution in [2.45, 2.75) is 31.6 Å². The van der Waals surface area contributed by atoms with Crippen LogP contribution >= 0.6 is 0 Å². The lowest BCUT2D eigenvalue weighted by Crippen LogP contribution is -2.42. The van der Waals surface area contributed by atoms with Crippen LogP contribution in [0, 0.1) is 11.8 Å². The average molecular weight is 425 g/mol. The Morgan fingerprint density at radius 3 is 2.77 bits per heavy atom. The number of likely N-dealkylation sites (tertiary alicyclic amines) is 1. The normalized spacial score (nSPS) is 27.0. The molecule has 2 aliphatic heterocycles. The molecule has 0 unspecified atom stereocenters. The molecule has 2 aromatic rings. The molecule has 7 nitrogen and oxygen atoms in total. The fraction of sp³-hybridized carbons (Fsp3) is 0.458. The number of hydrogen-bond donors (Lipinski definition) is 1. The van der Waals surface area contributed by atoms with E-state index in [1.807, 2.05) is 18.2 Å². The second kappa shape index (κ2) is 8.40. The first-order valence-corrected chi connectivity index (χ1v) is 10.7. The first-order valence-electron chi connectivity index (χ1n) is 10.7. The van der Waals surface area contributed by atoms with Gasteiger partial charge in [0.05, 0.1) is 18.8 Å². The van der Waals surface area contributed by atoms with Gasteiger partial charge in [0.2, 0.25) is 6.79 Å². The molecule has 1 aliphatic carbocycles. The third-order valence-corrected chi connectivity index (χ3v) is 6.58. The summed E-state index contributed by atoms with van der Waals surface area (Å²) in [5, 5.41) is 10.7. The van der Waals surface area contributed by atoms with Crippen LogP contribution in [0.4, 0.5) is 0 Å². The molecule has 1 saturated heterocycles. The van der Waals surface area contributed by atoms with Crippen LogP contribution in [0.2, 0.25) is 0 Å². The van der Waals surface area contributed by atoms with Gasteiger partial charge in [-0.2, -0.15) is 0 Å². The van der Waals surface area contributed by atoms with E-state index >= 15 is 0 Å². The van der Waals surface area contributed by atoms with Gasteiger partial charge in [0.1, 0.15) is 11.9 Å². The minimum Gasteiger partial charge on any atom is -0.488 e. The summed E-state index contributed by atoms with van der Waals surface area (Å²) >= 11 is 0. The van der Waals surface area contributed by atoms with E-state index in [-0.39, 0.29) is 12.9 Å². The van der Waals surface area contributed by atoms with Gasteiger partial charge in [-0.15, -0.1) is 0 Å². The van der Waals surface area contributed by atoms with Crippen molar-refractivity contribution in [3.8, 4) is 17.2 Å². The fourth-order valence-corrected chi connectivity index (χ4v) is 5.09. The zero-order valence-corrected chi connectivity index (χ0v) is 17.5. The maximum absolute atomic E-state index is 11.8. The van der Waals surface area contributed by atoms with E-state index in [9.17, 15) is 9.90 Å². The van der Waals surface area contributed by atoms with Crippen molar-refractivity contribution in [1.82, 2.24) is 4.90 Å². The highest BCUT2D eigenvalue weighted by atomic mass is 16.7. The largest absolute Gasteiger partial charge is 0.488 e. The number of benzene rings is 2. The van der Waals surface area contributed by atoms with E-state index in [4.69, 9.17) is 18.9 Å². The van der Waals surface area contributed by atoms with Crippen molar-refractivity contribution in [3.05, 3.63) is 53.6 Å². The molecule has 1 N–H and O–H groups in total. The van der Waals surface area contributed by atoms with Crippen LogP contribution in [0.15, 0.2) is 42.5 Å². The molecule has 0 amide bonds. The second-order valence-corrected chi connectivity index (χ2v) is 8.58. The summed E-state index contributed by atoms with van der Waals surface area (Å²) in [6, 6.07) is 13.0. The lowest BCUT2D eigenvalue weighted by atomic mass is 9.78. The van der Waals surface area contributed by atoms with Crippen molar-refractivity contribution in [2.24, 2.45) is 11.8 Å². The van der Waals surface area contributed by atoms with Gasteiger partial charge in [-0.1, -0.05) is 18.2 Å². The van der Waals surface area contributed by atoms with Gasteiger partial charge in [0, 0.05) is 25.2 Å². The van der Waals surface area contributed by atoms with Gasteiger partial charge < -0.3 is 24.1 Å². The average Bonchev–Trinajstić information content (AvgIpc) is 3.40. The highest BCUT2D eigenvalue weighted by molar-refractivity contribution is 5.89. The highest BCUT2D eigenvalue weighted by Gasteiger charge is 2.42. The van der Waals surface area contributed by atoms with Crippen LogP contribution in [-0.4, -0.2) is 55.2 Å². The predicted octanol–water partition coefficient (Wildman–Crippen LogP) is 2.85. The van der Waals surface area contributed by atoms with Crippen molar-refractivity contribution in [1.29, 1.82) is 0 Å². The molecule has 2 aromatic carbocycles.